The fourth-order valence-electron chi connectivity index (χ4n) is 3.71. The highest BCUT2D eigenvalue weighted by atomic mass is 15.0. The van der Waals surface area contributed by atoms with E-state index in [-0.39, 0.29) is 0 Å². The number of aliphatic imine (C=N–C) groups is 2. The second kappa shape index (κ2) is 11.4. The van der Waals surface area contributed by atoms with E-state index in [1.165, 1.54) is 0 Å². The predicted octanol–water partition coefficient (Wildman–Crippen LogP) is 8.68. The van der Waals surface area contributed by atoms with Crippen molar-refractivity contribution in [2.24, 2.45) is 9.98 Å². The van der Waals surface area contributed by atoms with Gasteiger partial charge in [0.25, 0.3) is 0 Å². The van der Waals surface area contributed by atoms with E-state index >= 15 is 0 Å². The first-order valence-electron chi connectivity index (χ1n) is 11.8. The zero-order valence-corrected chi connectivity index (χ0v) is 19.8. The van der Waals surface area contributed by atoms with Crippen LogP contribution >= 0.6 is 0 Å². The molecule has 4 heteroatoms. The second-order valence-electron chi connectivity index (χ2n) is 8.21. The van der Waals surface area contributed by atoms with Crippen molar-refractivity contribution in [1.82, 2.24) is 0 Å². The maximum absolute atomic E-state index is 4.85. The topological polar surface area (TPSA) is 48.8 Å². The maximum atomic E-state index is 4.85. The molecule has 0 aromatic heterocycles. The van der Waals surface area contributed by atoms with Crippen LogP contribution in [0.5, 0.6) is 0 Å². The summed E-state index contributed by atoms with van der Waals surface area (Å²) >= 11 is 0. The number of hydrogen-bond donors (Lipinski definition) is 2. The number of rotatable bonds is 8. The fourth-order valence-corrected chi connectivity index (χ4v) is 3.71. The molecule has 5 aromatic rings. The van der Waals surface area contributed by atoms with E-state index in [4.69, 9.17) is 9.98 Å². The van der Waals surface area contributed by atoms with E-state index in [1.54, 1.807) is 0 Å². The standard InChI is InChI=1S/C32H26N4/c1-5-13-25(14-6-1)23-33-29-21-32(36-28-19-11-4-12-20-28)30(34-24-26-15-7-2-8-16-26)22-31(29)35-27-17-9-3-10-18-27/h1-24,35-36H. The van der Waals surface area contributed by atoms with Crippen LogP contribution in [-0.4, -0.2) is 12.4 Å². The molecule has 0 heterocycles. The molecule has 0 atom stereocenters. The van der Waals surface area contributed by atoms with Gasteiger partial charge < -0.3 is 10.6 Å². The Morgan fingerprint density at radius 1 is 0.417 bits per heavy atom. The fraction of sp³-hybridized carbons (Fsp3) is 0. The Bertz CT molecular complexity index is 1330. The molecule has 0 saturated carbocycles. The molecule has 2 N–H and O–H groups in total. The molecule has 174 valence electrons. The first kappa shape index (κ1) is 22.8. The molecule has 0 unspecified atom stereocenters. The van der Waals surface area contributed by atoms with Gasteiger partial charge in [0.15, 0.2) is 0 Å². The summed E-state index contributed by atoms with van der Waals surface area (Å²) in [5.74, 6) is 0. The van der Waals surface area contributed by atoms with Gasteiger partial charge in [0, 0.05) is 23.8 Å². The molecule has 0 aliphatic rings. The number of nitrogens with zero attached hydrogens (tertiary/aromatic N) is 2. The summed E-state index contributed by atoms with van der Waals surface area (Å²) in [6, 6.07) is 44.4. The first-order chi connectivity index (χ1) is 17.8. The van der Waals surface area contributed by atoms with E-state index in [1.807, 2.05) is 146 Å². The van der Waals surface area contributed by atoms with Gasteiger partial charge in [-0.1, -0.05) is 97.1 Å². The van der Waals surface area contributed by atoms with Crippen LogP contribution < -0.4 is 10.6 Å². The SMILES string of the molecule is C(=Nc1cc(Nc2ccccc2)c(N=Cc2ccccc2)cc1Nc1ccccc1)c1ccccc1. The molecular formula is C32H26N4. The molecule has 0 amide bonds. The quantitative estimate of drug-likeness (QED) is 0.225. The third-order valence-electron chi connectivity index (χ3n) is 5.52. The molecule has 0 fully saturated rings. The lowest BCUT2D eigenvalue weighted by atomic mass is 10.1. The van der Waals surface area contributed by atoms with Gasteiger partial charge in [0.2, 0.25) is 0 Å². The lowest BCUT2D eigenvalue weighted by molar-refractivity contribution is 1.43. The van der Waals surface area contributed by atoms with Gasteiger partial charge in [-0.3, -0.25) is 9.98 Å². The number of para-hydroxylation sites is 2. The number of benzene rings is 5. The molecule has 5 aromatic carbocycles. The zero-order valence-electron chi connectivity index (χ0n) is 19.8. The number of hydrogen-bond acceptors (Lipinski definition) is 4. The summed E-state index contributed by atoms with van der Waals surface area (Å²) in [5, 5.41) is 7.05. The minimum Gasteiger partial charge on any atom is -0.354 e. The van der Waals surface area contributed by atoms with E-state index in [2.05, 4.69) is 10.6 Å². The van der Waals surface area contributed by atoms with Crippen molar-refractivity contribution in [3.63, 3.8) is 0 Å². The minimum atomic E-state index is 0.805. The van der Waals surface area contributed by atoms with Gasteiger partial charge >= 0.3 is 0 Å². The lowest BCUT2D eigenvalue weighted by Gasteiger charge is -2.15. The molecular weight excluding hydrogens is 440 g/mol. The van der Waals surface area contributed by atoms with Crippen LogP contribution in [0.1, 0.15) is 11.1 Å². The molecule has 0 radical (unpaired) electrons. The highest BCUT2D eigenvalue weighted by Crippen LogP contribution is 2.39. The molecule has 0 bridgehead atoms. The molecule has 36 heavy (non-hydrogen) atoms. The highest BCUT2D eigenvalue weighted by molar-refractivity contribution is 5.92. The van der Waals surface area contributed by atoms with Crippen LogP contribution in [0, 0.1) is 0 Å². The molecule has 0 saturated heterocycles. The Kier molecular flexibility index (Phi) is 7.26. The van der Waals surface area contributed by atoms with E-state index in [0.29, 0.717) is 0 Å². The van der Waals surface area contributed by atoms with Gasteiger partial charge in [0.05, 0.1) is 22.7 Å². The summed E-state index contributed by atoms with van der Waals surface area (Å²) in [6.45, 7) is 0. The average molecular weight is 467 g/mol. The van der Waals surface area contributed by atoms with Crippen molar-refractivity contribution in [3.05, 3.63) is 145 Å². The average Bonchev–Trinajstić information content (AvgIpc) is 2.94. The summed E-state index contributed by atoms with van der Waals surface area (Å²) < 4.78 is 0. The Hall–Kier alpha value is -4.96. The van der Waals surface area contributed by atoms with Crippen LogP contribution in [0.4, 0.5) is 34.1 Å². The van der Waals surface area contributed by atoms with Crippen molar-refractivity contribution in [2.75, 3.05) is 10.6 Å². The van der Waals surface area contributed by atoms with Gasteiger partial charge in [-0.25, -0.2) is 0 Å². The van der Waals surface area contributed by atoms with Crippen molar-refractivity contribution >= 4 is 46.6 Å². The third kappa shape index (κ3) is 6.13. The highest BCUT2D eigenvalue weighted by Gasteiger charge is 2.11. The molecule has 0 aliphatic heterocycles. The van der Waals surface area contributed by atoms with Gasteiger partial charge in [-0.15, -0.1) is 0 Å². The maximum Gasteiger partial charge on any atom is 0.0886 e. The monoisotopic (exact) mass is 466 g/mol. The smallest absolute Gasteiger partial charge is 0.0886 e. The van der Waals surface area contributed by atoms with Crippen molar-refractivity contribution in [1.29, 1.82) is 0 Å². The number of anilines is 4. The normalized spacial score (nSPS) is 11.1. The lowest BCUT2D eigenvalue weighted by Crippen LogP contribution is -1.95. The van der Waals surface area contributed by atoms with Crippen molar-refractivity contribution in [3.8, 4) is 0 Å². The van der Waals surface area contributed by atoms with Crippen LogP contribution in [-0.2, 0) is 0 Å². The Morgan fingerprint density at radius 2 is 0.750 bits per heavy atom. The van der Waals surface area contributed by atoms with E-state index < -0.39 is 0 Å². The summed E-state index contributed by atoms with van der Waals surface area (Å²) in [4.78, 5) is 9.71. The summed E-state index contributed by atoms with van der Waals surface area (Å²) in [5.41, 5.74) is 7.38. The second-order valence-corrected chi connectivity index (χ2v) is 8.21. The summed E-state index contributed by atoms with van der Waals surface area (Å²) in [6.07, 6.45) is 3.76. The predicted molar refractivity (Wildman–Crippen MR) is 153 cm³/mol. The molecule has 0 spiro atoms. The largest absolute Gasteiger partial charge is 0.354 e. The Morgan fingerprint density at radius 3 is 1.11 bits per heavy atom. The van der Waals surface area contributed by atoms with Gasteiger partial charge in [0.1, 0.15) is 0 Å². The number of nitrogens with one attached hydrogen (secondary N) is 2. The Balaban J connectivity index is 1.59. The minimum absolute atomic E-state index is 0.805. The van der Waals surface area contributed by atoms with Crippen molar-refractivity contribution in [2.45, 2.75) is 0 Å². The molecule has 5 rings (SSSR count). The van der Waals surface area contributed by atoms with Crippen molar-refractivity contribution < 1.29 is 0 Å². The van der Waals surface area contributed by atoms with Gasteiger partial charge in [-0.05, 0) is 47.5 Å². The van der Waals surface area contributed by atoms with E-state index in [0.717, 1.165) is 45.3 Å². The van der Waals surface area contributed by atoms with Gasteiger partial charge in [-0.2, -0.15) is 0 Å². The Labute approximate surface area is 211 Å². The van der Waals surface area contributed by atoms with E-state index in [9.17, 15) is 0 Å². The van der Waals surface area contributed by atoms with Crippen LogP contribution in [0.3, 0.4) is 0 Å². The first-order valence-corrected chi connectivity index (χ1v) is 11.8. The third-order valence-corrected chi connectivity index (χ3v) is 5.52. The van der Waals surface area contributed by atoms with Crippen LogP contribution in [0.25, 0.3) is 0 Å². The zero-order chi connectivity index (χ0) is 24.4. The summed E-state index contributed by atoms with van der Waals surface area (Å²) in [7, 11) is 0. The van der Waals surface area contributed by atoms with Crippen LogP contribution in [0.15, 0.2) is 143 Å². The molecule has 4 nitrogen and oxygen atoms in total. The van der Waals surface area contributed by atoms with Crippen LogP contribution in [0.2, 0.25) is 0 Å². The molecule has 0 aliphatic carbocycles.